The summed E-state index contributed by atoms with van der Waals surface area (Å²) in [5, 5.41) is 12.9. The van der Waals surface area contributed by atoms with Gasteiger partial charge in [0, 0.05) is 31.9 Å². The normalized spacial score (nSPS) is 27.2. The summed E-state index contributed by atoms with van der Waals surface area (Å²) in [5.41, 5.74) is -0.159. The highest BCUT2D eigenvalue weighted by molar-refractivity contribution is 7.15. The van der Waals surface area contributed by atoms with Gasteiger partial charge in [-0.25, -0.2) is 8.78 Å². The number of rotatable bonds is 5. The quantitative estimate of drug-likeness (QED) is 0.856. The molecular weight excluding hydrogens is 350 g/mol. The number of carbonyl (C=O) groups excluding carboxylic acids is 1. The van der Waals surface area contributed by atoms with Gasteiger partial charge in [-0.1, -0.05) is 11.3 Å². The molecule has 4 rings (SSSR count). The van der Waals surface area contributed by atoms with E-state index in [1.165, 1.54) is 0 Å². The zero-order chi connectivity index (χ0) is 17.7. The first kappa shape index (κ1) is 17.1. The van der Waals surface area contributed by atoms with Crippen LogP contribution in [0.25, 0.3) is 0 Å². The van der Waals surface area contributed by atoms with Gasteiger partial charge in [0.15, 0.2) is 0 Å². The third kappa shape index (κ3) is 3.23. The molecule has 1 spiro atoms. The lowest BCUT2D eigenvalue weighted by Gasteiger charge is -2.50. The fourth-order valence-corrected chi connectivity index (χ4v) is 4.74. The van der Waals surface area contributed by atoms with Crippen LogP contribution < -0.4 is 10.2 Å². The largest absolute Gasteiger partial charge is 0.371 e. The average molecular weight is 372 g/mol. The molecule has 1 aromatic heterocycles. The molecule has 0 bridgehead atoms. The molecule has 0 radical (unpaired) electrons. The van der Waals surface area contributed by atoms with E-state index < -0.39 is 11.8 Å². The number of anilines is 1. The maximum absolute atomic E-state index is 12.8. The van der Waals surface area contributed by atoms with Gasteiger partial charge in [-0.2, -0.15) is 0 Å². The highest BCUT2D eigenvalue weighted by atomic mass is 32.1. The highest BCUT2D eigenvalue weighted by Crippen LogP contribution is 2.44. The molecule has 1 atom stereocenters. The van der Waals surface area contributed by atoms with Crippen LogP contribution in [0.15, 0.2) is 0 Å². The lowest BCUT2D eigenvalue weighted by Crippen LogP contribution is -2.65. The smallest absolute Gasteiger partial charge is 0.249 e. The third-order valence-corrected chi connectivity index (χ3v) is 6.46. The predicted molar refractivity (Wildman–Crippen MR) is 88.9 cm³/mol. The van der Waals surface area contributed by atoms with E-state index >= 15 is 0 Å². The molecule has 2 aliphatic heterocycles. The summed E-state index contributed by atoms with van der Waals surface area (Å²) in [7, 11) is 0. The summed E-state index contributed by atoms with van der Waals surface area (Å²) in [6.07, 6.45) is 1.16. The van der Waals surface area contributed by atoms with E-state index in [1.807, 2.05) is 6.92 Å². The molecule has 1 aliphatic carbocycles. The molecule has 0 aromatic carbocycles. The summed E-state index contributed by atoms with van der Waals surface area (Å²) in [4.78, 5) is 14.1. The first-order valence-electron chi connectivity index (χ1n) is 8.71. The monoisotopic (exact) mass is 372 g/mol. The molecule has 0 unspecified atom stereocenters. The Morgan fingerprint density at radius 3 is 2.80 bits per heavy atom. The second-order valence-electron chi connectivity index (χ2n) is 7.40. The zero-order valence-corrected chi connectivity index (χ0v) is 15.0. The Balaban J connectivity index is 1.24. The number of carbonyl (C=O) groups is 1. The summed E-state index contributed by atoms with van der Waals surface area (Å²) in [6, 6.07) is 0. The lowest BCUT2D eigenvalue weighted by atomic mass is 9.79. The number of aryl methyl sites for hydroxylation is 1. The second-order valence-corrected chi connectivity index (χ2v) is 8.56. The van der Waals surface area contributed by atoms with E-state index in [4.69, 9.17) is 4.74 Å². The van der Waals surface area contributed by atoms with Gasteiger partial charge in [0.05, 0.1) is 13.1 Å². The Morgan fingerprint density at radius 2 is 2.16 bits per heavy atom. The number of hydrogen-bond acceptors (Lipinski definition) is 6. The van der Waals surface area contributed by atoms with E-state index in [-0.39, 0.29) is 24.3 Å². The van der Waals surface area contributed by atoms with Crippen LogP contribution in [0, 0.1) is 18.8 Å². The molecule has 3 fully saturated rings. The standard InChI is InChI=1S/C16H22F2N4O2S/c1-10-20-21-14(25-10)22-8-15(9-22)12(3-5-24-15)2-4-19-13(23)11-6-16(17,18)7-11/h11-12H,2-9H2,1H3,(H,19,23)/t12-/m0/s1. The minimum atomic E-state index is -2.65. The highest BCUT2D eigenvalue weighted by Gasteiger charge is 2.53. The van der Waals surface area contributed by atoms with Crippen molar-refractivity contribution in [2.45, 2.75) is 44.1 Å². The molecule has 3 aliphatic rings. The van der Waals surface area contributed by atoms with Crippen LogP contribution in [0.4, 0.5) is 13.9 Å². The van der Waals surface area contributed by atoms with Gasteiger partial charge >= 0.3 is 0 Å². The van der Waals surface area contributed by atoms with Gasteiger partial charge in [-0.05, 0) is 25.7 Å². The minimum absolute atomic E-state index is 0.159. The van der Waals surface area contributed by atoms with Crippen molar-refractivity contribution in [2.75, 3.05) is 31.1 Å². The van der Waals surface area contributed by atoms with Crippen LogP contribution in [-0.2, 0) is 9.53 Å². The van der Waals surface area contributed by atoms with E-state index in [0.29, 0.717) is 12.5 Å². The van der Waals surface area contributed by atoms with Crippen LogP contribution in [0.2, 0.25) is 0 Å². The van der Waals surface area contributed by atoms with Crippen molar-refractivity contribution in [3.8, 4) is 0 Å². The zero-order valence-electron chi connectivity index (χ0n) is 14.1. The van der Waals surface area contributed by atoms with Crippen molar-refractivity contribution in [1.82, 2.24) is 15.5 Å². The van der Waals surface area contributed by atoms with Crippen molar-refractivity contribution < 1.29 is 18.3 Å². The number of amides is 1. The number of hydrogen-bond donors (Lipinski definition) is 1. The number of aromatic nitrogens is 2. The maximum Gasteiger partial charge on any atom is 0.249 e. The first-order valence-corrected chi connectivity index (χ1v) is 9.53. The summed E-state index contributed by atoms with van der Waals surface area (Å²) < 4.78 is 31.7. The molecule has 6 nitrogen and oxygen atoms in total. The van der Waals surface area contributed by atoms with E-state index in [1.54, 1.807) is 11.3 Å². The van der Waals surface area contributed by atoms with E-state index in [9.17, 15) is 13.6 Å². The van der Waals surface area contributed by atoms with Crippen LogP contribution >= 0.6 is 11.3 Å². The molecule has 1 saturated carbocycles. The maximum atomic E-state index is 12.8. The Morgan fingerprint density at radius 1 is 1.40 bits per heavy atom. The Kier molecular flexibility index (Phi) is 4.18. The van der Waals surface area contributed by atoms with Crippen LogP contribution in [0.1, 0.15) is 30.7 Å². The topological polar surface area (TPSA) is 67.3 Å². The molecule has 25 heavy (non-hydrogen) atoms. The lowest BCUT2D eigenvalue weighted by molar-refractivity contribution is -0.150. The first-order chi connectivity index (χ1) is 11.9. The SMILES string of the molecule is Cc1nnc(N2CC3(C2)OCC[C@@H]3CCNC(=O)C2CC(F)(F)C2)s1. The molecule has 1 aromatic rings. The van der Waals surface area contributed by atoms with Crippen molar-refractivity contribution >= 4 is 22.4 Å². The minimum Gasteiger partial charge on any atom is -0.371 e. The van der Waals surface area contributed by atoms with Gasteiger partial charge < -0.3 is 15.0 Å². The molecule has 2 saturated heterocycles. The van der Waals surface area contributed by atoms with Crippen LogP contribution in [-0.4, -0.2) is 53.9 Å². The summed E-state index contributed by atoms with van der Waals surface area (Å²) >= 11 is 1.58. The van der Waals surface area contributed by atoms with Crippen molar-refractivity contribution in [3.05, 3.63) is 5.01 Å². The average Bonchev–Trinajstić information content (AvgIpc) is 3.09. The van der Waals surface area contributed by atoms with Gasteiger partial charge in [-0.15, -0.1) is 10.2 Å². The number of ether oxygens (including phenoxy) is 1. The van der Waals surface area contributed by atoms with Crippen LogP contribution in [0.3, 0.4) is 0 Å². The van der Waals surface area contributed by atoms with Gasteiger partial charge in [0.25, 0.3) is 0 Å². The molecule has 9 heteroatoms. The number of alkyl halides is 2. The Hall–Kier alpha value is -1.35. The third-order valence-electron chi connectivity index (χ3n) is 5.56. The molecule has 1 amide bonds. The molecule has 1 N–H and O–H groups in total. The Bertz CT molecular complexity index is 654. The van der Waals surface area contributed by atoms with Gasteiger partial charge in [-0.3, -0.25) is 4.79 Å². The summed E-state index contributed by atoms with van der Waals surface area (Å²) in [5.74, 6) is -3.04. The van der Waals surface area contributed by atoms with Crippen LogP contribution in [0.5, 0.6) is 0 Å². The second kappa shape index (κ2) is 6.12. The number of nitrogens with zero attached hydrogens (tertiary/aromatic N) is 3. The fraction of sp³-hybridized carbons (Fsp3) is 0.812. The molecular formula is C16H22F2N4O2S. The predicted octanol–water partition coefficient (Wildman–Crippen LogP) is 1.99. The van der Waals surface area contributed by atoms with E-state index in [0.717, 1.165) is 42.7 Å². The van der Waals surface area contributed by atoms with Gasteiger partial charge in [0.2, 0.25) is 17.0 Å². The van der Waals surface area contributed by atoms with Crippen molar-refractivity contribution in [3.63, 3.8) is 0 Å². The number of nitrogens with one attached hydrogen (secondary N) is 1. The Labute approximate surface area is 148 Å². The molecule has 138 valence electrons. The molecule has 3 heterocycles. The van der Waals surface area contributed by atoms with Gasteiger partial charge in [0.1, 0.15) is 10.6 Å². The number of halogens is 2. The summed E-state index contributed by atoms with van der Waals surface area (Å²) in [6.45, 7) is 4.79. The van der Waals surface area contributed by atoms with E-state index in [2.05, 4.69) is 20.4 Å². The van der Waals surface area contributed by atoms with Crippen molar-refractivity contribution in [2.24, 2.45) is 11.8 Å². The fourth-order valence-electron chi connectivity index (χ4n) is 4.05. The van der Waals surface area contributed by atoms with Crippen molar-refractivity contribution in [1.29, 1.82) is 0 Å².